The number of likely N-dealkylation sites (N-methyl/N-ethyl adjacent to an activating group) is 1. The fraction of sp³-hybridized carbons (Fsp3) is 0.286. The number of carbonyl (C=O) groups excluding carboxylic acids is 1. The van der Waals surface area contributed by atoms with Gasteiger partial charge in [0.2, 0.25) is 5.91 Å². The number of nitrogens with zero attached hydrogens (tertiary/aromatic N) is 2. The lowest BCUT2D eigenvalue weighted by Crippen LogP contribution is -2.30. The smallest absolute Gasteiger partial charge is 0.246 e. The molecule has 0 saturated heterocycles. The van der Waals surface area contributed by atoms with E-state index in [9.17, 15) is 4.79 Å². The molecular formula is C14H18N2O. The summed E-state index contributed by atoms with van der Waals surface area (Å²) in [7, 11) is 0. The molecule has 0 aliphatic heterocycles. The summed E-state index contributed by atoms with van der Waals surface area (Å²) in [4.78, 5) is 17.6. The van der Waals surface area contributed by atoms with Crippen molar-refractivity contribution in [1.82, 2.24) is 9.88 Å². The standard InChI is InChI=1S/C14H18N2O/c1-4-16(11-12(2)3)14(17)8-7-13-6-5-9-15-10-13/h5-10H,2,4,11H2,1,3H3/b8-7+. The van der Waals surface area contributed by atoms with E-state index in [1.807, 2.05) is 26.0 Å². The van der Waals surface area contributed by atoms with Gasteiger partial charge in [-0.15, -0.1) is 0 Å². The maximum Gasteiger partial charge on any atom is 0.246 e. The summed E-state index contributed by atoms with van der Waals surface area (Å²) >= 11 is 0. The Morgan fingerprint density at radius 3 is 2.88 bits per heavy atom. The van der Waals surface area contributed by atoms with Crippen molar-refractivity contribution < 1.29 is 4.79 Å². The molecular weight excluding hydrogens is 212 g/mol. The summed E-state index contributed by atoms with van der Waals surface area (Å²) in [6.07, 6.45) is 6.78. The van der Waals surface area contributed by atoms with E-state index in [0.717, 1.165) is 11.1 Å². The Balaban J connectivity index is 2.64. The van der Waals surface area contributed by atoms with Crippen molar-refractivity contribution in [2.45, 2.75) is 13.8 Å². The molecule has 0 aliphatic rings. The maximum atomic E-state index is 11.9. The lowest BCUT2D eigenvalue weighted by Gasteiger charge is -2.18. The molecule has 1 amide bonds. The van der Waals surface area contributed by atoms with Crippen LogP contribution in [0.2, 0.25) is 0 Å². The zero-order chi connectivity index (χ0) is 12.7. The third kappa shape index (κ3) is 4.64. The molecule has 3 nitrogen and oxygen atoms in total. The Morgan fingerprint density at radius 2 is 2.35 bits per heavy atom. The van der Waals surface area contributed by atoms with Gasteiger partial charge in [0.05, 0.1) is 0 Å². The third-order valence-electron chi connectivity index (χ3n) is 2.26. The molecule has 0 saturated carbocycles. The molecule has 90 valence electrons. The largest absolute Gasteiger partial charge is 0.335 e. The van der Waals surface area contributed by atoms with E-state index in [1.165, 1.54) is 0 Å². The van der Waals surface area contributed by atoms with Crippen LogP contribution in [0.5, 0.6) is 0 Å². The highest BCUT2D eigenvalue weighted by Gasteiger charge is 2.07. The molecule has 0 radical (unpaired) electrons. The predicted octanol–water partition coefficient (Wildman–Crippen LogP) is 2.52. The second-order valence-electron chi connectivity index (χ2n) is 3.93. The van der Waals surface area contributed by atoms with E-state index in [1.54, 1.807) is 29.4 Å². The number of pyridine rings is 1. The molecule has 1 heterocycles. The summed E-state index contributed by atoms with van der Waals surface area (Å²) in [5.41, 5.74) is 1.90. The number of hydrogen-bond acceptors (Lipinski definition) is 2. The van der Waals surface area contributed by atoms with E-state index in [4.69, 9.17) is 0 Å². The first kappa shape index (κ1) is 13.2. The normalized spacial score (nSPS) is 10.5. The SMILES string of the molecule is C=C(C)CN(CC)C(=O)/C=C/c1cccnc1. The molecule has 0 bridgehead atoms. The Bertz CT molecular complexity index is 409. The molecule has 17 heavy (non-hydrogen) atoms. The van der Waals surface area contributed by atoms with Crippen LogP contribution >= 0.6 is 0 Å². The van der Waals surface area contributed by atoms with Gasteiger partial charge in [-0.3, -0.25) is 9.78 Å². The Morgan fingerprint density at radius 1 is 1.59 bits per heavy atom. The molecule has 0 aromatic carbocycles. The van der Waals surface area contributed by atoms with Gasteiger partial charge < -0.3 is 4.90 Å². The topological polar surface area (TPSA) is 33.2 Å². The van der Waals surface area contributed by atoms with Crippen molar-refractivity contribution in [3.63, 3.8) is 0 Å². The summed E-state index contributed by atoms with van der Waals surface area (Å²) in [6, 6.07) is 3.75. The summed E-state index contributed by atoms with van der Waals surface area (Å²) in [5.74, 6) is -0.000599. The lowest BCUT2D eigenvalue weighted by atomic mass is 10.2. The van der Waals surface area contributed by atoms with Crippen LogP contribution in [0.25, 0.3) is 6.08 Å². The quantitative estimate of drug-likeness (QED) is 0.575. The first-order chi connectivity index (χ1) is 8.13. The number of hydrogen-bond donors (Lipinski definition) is 0. The monoisotopic (exact) mass is 230 g/mol. The first-order valence-electron chi connectivity index (χ1n) is 5.65. The van der Waals surface area contributed by atoms with Gasteiger partial charge in [0.1, 0.15) is 0 Å². The van der Waals surface area contributed by atoms with Crippen molar-refractivity contribution in [3.05, 3.63) is 48.3 Å². The van der Waals surface area contributed by atoms with Crippen LogP contribution < -0.4 is 0 Å². The fourth-order valence-electron chi connectivity index (χ4n) is 1.42. The first-order valence-corrected chi connectivity index (χ1v) is 5.65. The fourth-order valence-corrected chi connectivity index (χ4v) is 1.42. The van der Waals surface area contributed by atoms with Crippen LogP contribution in [0.3, 0.4) is 0 Å². The Kier molecular flexibility index (Phi) is 5.14. The van der Waals surface area contributed by atoms with Gasteiger partial charge in [0, 0.05) is 31.6 Å². The van der Waals surface area contributed by atoms with E-state index >= 15 is 0 Å². The summed E-state index contributed by atoms with van der Waals surface area (Å²) in [6.45, 7) is 8.98. The molecule has 0 atom stereocenters. The van der Waals surface area contributed by atoms with Gasteiger partial charge in [-0.1, -0.05) is 18.2 Å². The number of amides is 1. The van der Waals surface area contributed by atoms with Gasteiger partial charge in [-0.2, -0.15) is 0 Å². The predicted molar refractivity (Wildman–Crippen MR) is 70.3 cm³/mol. The van der Waals surface area contributed by atoms with Crippen molar-refractivity contribution in [1.29, 1.82) is 0 Å². The molecule has 1 aromatic heterocycles. The van der Waals surface area contributed by atoms with Crippen molar-refractivity contribution in [3.8, 4) is 0 Å². The summed E-state index contributed by atoms with van der Waals surface area (Å²) < 4.78 is 0. The molecule has 1 aromatic rings. The van der Waals surface area contributed by atoms with Gasteiger partial charge in [-0.25, -0.2) is 0 Å². The second-order valence-corrected chi connectivity index (χ2v) is 3.93. The molecule has 0 aliphatic carbocycles. The van der Waals surface area contributed by atoms with E-state index < -0.39 is 0 Å². The number of carbonyl (C=O) groups is 1. The molecule has 0 unspecified atom stereocenters. The minimum atomic E-state index is -0.000599. The highest BCUT2D eigenvalue weighted by molar-refractivity contribution is 5.91. The second kappa shape index (κ2) is 6.63. The van der Waals surface area contributed by atoms with Gasteiger partial charge >= 0.3 is 0 Å². The molecule has 0 spiro atoms. The molecule has 0 N–H and O–H groups in total. The highest BCUT2D eigenvalue weighted by Crippen LogP contribution is 2.02. The van der Waals surface area contributed by atoms with Crippen molar-refractivity contribution in [2.24, 2.45) is 0 Å². The molecule has 3 heteroatoms. The third-order valence-corrected chi connectivity index (χ3v) is 2.26. The Labute approximate surface area is 102 Å². The molecule has 0 fully saturated rings. The van der Waals surface area contributed by atoms with Crippen LogP contribution in [-0.4, -0.2) is 28.9 Å². The minimum Gasteiger partial charge on any atom is -0.335 e. The van der Waals surface area contributed by atoms with Crippen molar-refractivity contribution in [2.75, 3.05) is 13.1 Å². The lowest BCUT2D eigenvalue weighted by molar-refractivity contribution is -0.125. The minimum absolute atomic E-state index is 0.000599. The van der Waals surface area contributed by atoms with Gasteiger partial charge in [-0.05, 0) is 31.6 Å². The maximum absolute atomic E-state index is 11.9. The number of aromatic nitrogens is 1. The van der Waals surface area contributed by atoms with Crippen LogP contribution in [0.15, 0.2) is 42.8 Å². The van der Waals surface area contributed by atoms with E-state index in [0.29, 0.717) is 13.1 Å². The zero-order valence-electron chi connectivity index (χ0n) is 10.4. The van der Waals surface area contributed by atoms with E-state index in [2.05, 4.69) is 11.6 Å². The van der Waals surface area contributed by atoms with Crippen molar-refractivity contribution >= 4 is 12.0 Å². The van der Waals surface area contributed by atoms with Gasteiger partial charge in [0.15, 0.2) is 0 Å². The average Bonchev–Trinajstić information content (AvgIpc) is 2.34. The Hall–Kier alpha value is -1.90. The van der Waals surface area contributed by atoms with E-state index in [-0.39, 0.29) is 5.91 Å². The average molecular weight is 230 g/mol. The number of rotatable bonds is 5. The zero-order valence-corrected chi connectivity index (χ0v) is 10.4. The van der Waals surface area contributed by atoms with Crippen LogP contribution in [-0.2, 0) is 4.79 Å². The van der Waals surface area contributed by atoms with Gasteiger partial charge in [0.25, 0.3) is 0 Å². The van der Waals surface area contributed by atoms with Crippen LogP contribution in [0.4, 0.5) is 0 Å². The molecule has 1 rings (SSSR count). The highest BCUT2D eigenvalue weighted by atomic mass is 16.2. The van der Waals surface area contributed by atoms with Crippen LogP contribution in [0.1, 0.15) is 19.4 Å². The summed E-state index contributed by atoms with van der Waals surface area (Å²) in [5, 5.41) is 0. The van der Waals surface area contributed by atoms with Crippen LogP contribution in [0, 0.1) is 0 Å².